The van der Waals surface area contributed by atoms with Crippen LogP contribution in [-0.4, -0.2) is 54.8 Å². The van der Waals surface area contributed by atoms with Gasteiger partial charge in [0.15, 0.2) is 21.6 Å². The van der Waals surface area contributed by atoms with Gasteiger partial charge in [0.25, 0.3) is 0 Å². The monoisotopic (exact) mass is 297 g/mol. The normalized spacial score (nSPS) is 23.3. The van der Waals surface area contributed by atoms with Crippen LogP contribution in [0.3, 0.4) is 0 Å². The molecule has 8 heteroatoms. The number of nitrogens with zero attached hydrogens (tertiary/aromatic N) is 4. The van der Waals surface area contributed by atoms with Gasteiger partial charge in [-0.25, -0.2) is 8.42 Å². The summed E-state index contributed by atoms with van der Waals surface area (Å²) in [4.78, 5) is 6.48. The highest BCUT2D eigenvalue weighted by atomic mass is 32.2. The minimum Gasteiger partial charge on any atom is -0.353 e. The molecule has 0 aliphatic carbocycles. The maximum absolute atomic E-state index is 11.2. The van der Waals surface area contributed by atoms with E-state index in [1.54, 1.807) is 4.68 Å². The van der Waals surface area contributed by atoms with Crippen molar-refractivity contribution >= 4 is 21.6 Å². The number of aromatic nitrogens is 2. The first-order chi connectivity index (χ1) is 9.44. The topological polar surface area (TPSA) is 79.6 Å². The van der Waals surface area contributed by atoms with E-state index >= 15 is 0 Å². The highest BCUT2D eigenvalue weighted by Gasteiger charge is 2.38. The van der Waals surface area contributed by atoms with Gasteiger partial charge < -0.3 is 5.32 Å². The lowest BCUT2D eigenvalue weighted by Gasteiger charge is -2.33. The molecule has 1 fully saturated rings. The Morgan fingerprint density at radius 2 is 2.20 bits per heavy atom. The SMILES string of the molecule is CC(NC1=NCCN1c1ccn(C)n1)C1CS(=O)(=O)C1. The fourth-order valence-electron chi connectivity index (χ4n) is 2.55. The number of rotatable bonds is 3. The smallest absolute Gasteiger partial charge is 0.200 e. The maximum Gasteiger partial charge on any atom is 0.200 e. The van der Waals surface area contributed by atoms with Crippen molar-refractivity contribution < 1.29 is 8.42 Å². The van der Waals surface area contributed by atoms with Crippen LogP contribution in [0.25, 0.3) is 0 Å². The molecule has 1 atom stereocenters. The van der Waals surface area contributed by atoms with Gasteiger partial charge in [0.05, 0.1) is 18.1 Å². The molecule has 1 N–H and O–H groups in total. The standard InChI is InChI=1S/C12H19N5O2S/c1-9(10-7-20(18,19)8-10)14-12-13-4-6-17(12)11-3-5-16(2)15-11/h3,5,9-10H,4,6-8H2,1-2H3,(H,13,14). The second-order valence-corrected chi connectivity index (χ2v) is 7.63. The first kappa shape index (κ1) is 13.4. The predicted octanol–water partition coefficient (Wildman–Crippen LogP) is -0.381. The Labute approximate surface area is 118 Å². The van der Waals surface area contributed by atoms with Gasteiger partial charge in [0, 0.05) is 37.8 Å². The van der Waals surface area contributed by atoms with Crippen molar-refractivity contribution in [2.75, 3.05) is 29.5 Å². The van der Waals surface area contributed by atoms with E-state index in [0.717, 1.165) is 24.9 Å². The molecule has 0 amide bonds. The van der Waals surface area contributed by atoms with Crippen LogP contribution in [-0.2, 0) is 16.9 Å². The van der Waals surface area contributed by atoms with Crippen LogP contribution in [0.4, 0.5) is 5.82 Å². The number of hydrogen-bond acceptors (Lipinski definition) is 6. The van der Waals surface area contributed by atoms with Crippen molar-refractivity contribution in [2.45, 2.75) is 13.0 Å². The fourth-order valence-corrected chi connectivity index (χ4v) is 4.34. The largest absolute Gasteiger partial charge is 0.353 e. The third-order valence-electron chi connectivity index (χ3n) is 3.82. The van der Waals surface area contributed by atoms with Crippen LogP contribution < -0.4 is 10.2 Å². The lowest BCUT2D eigenvalue weighted by atomic mass is 10.1. The summed E-state index contributed by atoms with van der Waals surface area (Å²) in [5, 5.41) is 7.72. The van der Waals surface area contributed by atoms with E-state index in [4.69, 9.17) is 0 Å². The first-order valence-corrected chi connectivity index (χ1v) is 8.55. The predicted molar refractivity (Wildman–Crippen MR) is 77.6 cm³/mol. The second kappa shape index (κ2) is 4.76. The maximum atomic E-state index is 11.2. The summed E-state index contributed by atoms with van der Waals surface area (Å²) in [5.74, 6) is 2.38. The summed E-state index contributed by atoms with van der Waals surface area (Å²) < 4.78 is 24.2. The lowest BCUT2D eigenvalue weighted by Crippen LogP contribution is -2.52. The highest BCUT2D eigenvalue weighted by Crippen LogP contribution is 2.22. The molecule has 0 saturated carbocycles. The number of aliphatic imine (C=N–C) groups is 1. The van der Waals surface area contributed by atoms with Gasteiger partial charge in [-0.3, -0.25) is 14.6 Å². The van der Waals surface area contributed by atoms with Crippen LogP contribution in [0.15, 0.2) is 17.3 Å². The molecule has 1 aromatic rings. The van der Waals surface area contributed by atoms with Crippen molar-refractivity contribution in [1.82, 2.24) is 15.1 Å². The molecular formula is C12H19N5O2S. The van der Waals surface area contributed by atoms with Crippen molar-refractivity contribution in [3.05, 3.63) is 12.3 Å². The Morgan fingerprint density at radius 3 is 2.80 bits per heavy atom. The molecule has 1 unspecified atom stereocenters. The Balaban J connectivity index is 1.65. The van der Waals surface area contributed by atoms with Crippen LogP contribution in [0, 0.1) is 5.92 Å². The number of sulfone groups is 1. The second-order valence-electron chi connectivity index (χ2n) is 5.47. The summed E-state index contributed by atoms with van der Waals surface area (Å²) in [5.41, 5.74) is 0. The Kier molecular flexibility index (Phi) is 3.19. The molecule has 0 bridgehead atoms. The van der Waals surface area contributed by atoms with Crippen molar-refractivity contribution in [3.8, 4) is 0 Å². The zero-order valence-electron chi connectivity index (χ0n) is 11.7. The third kappa shape index (κ3) is 2.52. The van der Waals surface area contributed by atoms with E-state index in [-0.39, 0.29) is 23.5 Å². The molecule has 20 heavy (non-hydrogen) atoms. The molecule has 2 aliphatic heterocycles. The minimum absolute atomic E-state index is 0.0987. The molecule has 110 valence electrons. The zero-order chi connectivity index (χ0) is 14.3. The van der Waals surface area contributed by atoms with Crippen LogP contribution in [0.1, 0.15) is 6.92 Å². The highest BCUT2D eigenvalue weighted by molar-refractivity contribution is 7.92. The van der Waals surface area contributed by atoms with E-state index in [9.17, 15) is 8.42 Å². The van der Waals surface area contributed by atoms with E-state index in [2.05, 4.69) is 15.4 Å². The van der Waals surface area contributed by atoms with Crippen LogP contribution in [0.2, 0.25) is 0 Å². The Bertz CT molecular complexity index is 624. The van der Waals surface area contributed by atoms with Gasteiger partial charge in [0.1, 0.15) is 0 Å². The minimum atomic E-state index is -2.78. The molecule has 1 aromatic heterocycles. The molecule has 3 rings (SSSR count). The molecule has 2 aliphatic rings. The fraction of sp³-hybridized carbons (Fsp3) is 0.667. The molecule has 0 spiro atoms. The van der Waals surface area contributed by atoms with Crippen molar-refractivity contribution in [1.29, 1.82) is 0 Å². The lowest BCUT2D eigenvalue weighted by molar-refractivity contribution is 0.440. The number of nitrogens with one attached hydrogen (secondary N) is 1. The summed E-state index contributed by atoms with van der Waals surface area (Å²) in [7, 11) is -0.900. The Morgan fingerprint density at radius 1 is 1.45 bits per heavy atom. The van der Waals surface area contributed by atoms with Gasteiger partial charge in [-0.2, -0.15) is 5.10 Å². The number of anilines is 1. The summed E-state index contributed by atoms with van der Waals surface area (Å²) in [6.07, 6.45) is 1.90. The van der Waals surface area contributed by atoms with Crippen molar-refractivity contribution in [3.63, 3.8) is 0 Å². The average Bonchev–Trinajstić information content (AvgIpc) is 2.94. The molecule has 0 radical (unpaired) electrons. The van der Waals surface area contributed by atoms with Gasteiger partial charge >= 0.3 is 0 Å². The molecule has 7 nitrogen and oxygen atoms in total. The number of aryl methyl sites for hydroxylation is 1. The average molecular weight is 297 g/mol. The molecule has 0 aromatic carbocycles. The van der Waals surface area contributed by atoms with E-state index in [1.807, 2.05) is 31.1 Å². The van der Waals surface area contributed by atoms with Crippen LogP contribution >= 0.6 is 0 Å². The van der Waals surface area contributed by atoms with E-state index in [0.29, 0.717) is 0 Å². The van der Waals surface area contributed by atoms with Gasteiger partial charge in [-0.05, 0) is 6.92 Å². The van der Waals surface area contributed by atoms with Gasteiger partial charge in [0.2, 0.25) is 0 Å². The van der Waals surface area contributed by atoms with Crippen LogP contribution in [0.5, 0.6) is 0 Å². The van der Waals surface area contributed by atoms with Gasteiger partial charge in [-0.1, -0.05) is 0 Å². The summed E-state index contributed by atoms with van der Waals surface area (Å²) in [6, 6.07) is 2.04. The van der Waals surface area contributed by atoms with Gasteiger partial charge in [-0.15, -0.1) is 0 Å². The Hall–Kier alpha value is -1.57. The molecular weight excluding hydrogens is 278 g/mol. The quantitative estimate of drug-likeness (QED) is 0.822. The molecule has 1 saturated heterocycles. The first-order valence-electron chi connectivity index (χ1n) is 6.73. The zero-order valence-corrected chi connectivity index (χ0v) is 12.5. The molecule has 3 heterocycles. The van der Waals surface area contributed by atoms with E-state index in [1.165, 1.54) is 0 Å². The van der Waals surface area contributed by atoms with Crippen molar-refractivity contribution in [2.24, 2.45) is 18.0 Å². The number of guanidine groups is 1. The third-order valence-corrected chi connectivity index (χ3v) is 5.69. The van der Waals surface area contributed by atoms with E-state index < -0.39 is 9.84 Å². The summed E-state index contributed by atoms with van der Waals surface area (Å²) >= 11 is 0. The summed E-state index contributed by atoms with van der Waals surface area (Å²) in [6.45, 7) is 3.54. The number of hydrogen-bond donors (Lipinski definition) is 1.